The Hall–Kier alpha value is -1.88. The SMILES string of the molecule is CCCCC/C=C\C/C=C\C/C=C\CCCCC(=O)OC[C@H](COC(=O)CCCCCCCCCCCCC)OCCCCCCCCCCCCCCCCCC. The highest BCUT2D eigenvalue weighted by atomic mass is 16.6. The first-order valence-electron chi connectivity index (χ1n) is 25.5. The van der Waals surface area contributed by atoms with Gasteiger partial charge in [-0.3, -0.25) is 9.59 Å². The summed E-state index contributed by atoms with van der Waals surface area (Å²) >= 11 is 0. The Kier molecular flexibility index (Phi) is 47.9. The molecule has 0 heterocycles. The highest BCUT2D eigenvalue weighted by Gasteiger charge is 2.16. The second-order valence-corrected chi connectivity index (χ2v) is 17.1. The molecule has 0 radical (unpaired) electrons. The van der Waals surface area contributed by atoms with Gasteiger partial charge in [0.2, 0.25) is 0 Å². The minimum Gasteiger partial charge on any atom is -0.463 e. The fraction of sp³-hybridized carbons (Fsp3) is 0.849. The normalized spacial score (nSPS) is 12.4. The number of rotatable bonds is 47. The zero-order chi connectivity index (χ0) is 42.1. The van der Waals surface area contributed by atoms with Crippen molar-refractivity contribution >= 4 is 11.9 Å². The molecular formula is C53H98O5. The number of hydrogen-bond donors (Lipinski definition) is 0. The highest BCUT2D eigenvalue weighted by Crippen LogP contribution is 2.15. The maximum Gasteiger partial charge on any atom is 0.305 e. The Morgan fingerprint density at radius 1 is 0.362 bits per heavy atom. The van der Waals surface area contributed by atoms with Crippen LogP contribution in [0.3, 0.4) is 0 Å². The summed E-state index contributed by atoms with van der Waals surface area (Å²) in [5.41, 5.74) is 0. The van der Waals surface area contributed by atoms with E-state index in [2.05, 4.69) is 57.2 Å². The summed E-state index contributed by atoms with van der Waals surface area (Å²) in [7, 11) is 0. The number of hydrogen-bond acceptors (Lipinski definition) is 5. The minimum atomic E-state index is -0.408. The third-order valence-corrected chi connectivity index (χ3v) is 11.2. The van der Waals surface area contributed by atoms with Gasteiger partial charge in [-0.1, -0.05) is 231 Å². The van der Waals surface area contributed by atoms with Gasteiger partial charge >= 0.3 is 11.9 Å². The number of allylic oxidation sites excluding steroid dienone is 6. The third kappa shape index (κ3) is 46.8. The lowest BCUT2D eigenvalue weighted by Crippen LogP contribution is -2.29. The van der Waals surface area contributed by atoms with Crippen molar-refractivity contribution in [3.05, 3.63) is 36.5 Å². The first kappa shape index (κ1) is 56.1. The van der Waals surface area contributed by atoms with Gasteiger partial charge in [0.15, 0.2) is 0 Å². The van der Waals surface area contributed by atoms with E-state index in [0.29, 0.717) is 19.4 Å². The lowest BCUT2D eigenvalue weighted by Gasteiger charge is -2.18. The van der Waals surface area contributed by atoms with Gasteiger partial charge in [0.25, 0.3) is 0 Å². The predicted molar refractivity (Wildman–Crippen MR) is 252 cm³/mol. The van der Waals surface area contributed by atoms with Crippen molar-refractivity contribution in [1.29, 1.82) is 0 Å². The van der Waals surface area contributed by atoms with E-state index in [-0.39, 0.29) is 25.2 Å². The van der Waals surface area contributed by atoms with Crippen LogP contribution in [0.4, 0.5) is 0 Å². The number of carbonyl (C=O) groups is 2. The quantitative estimate of drug-likeness (QED) is 0.0348. The van der Waals surface area contributed by atoms with Crippen molar-refractivity contribution < 1.29 is 23.8 Å². The number of carbonyl (C=O) groups excluding carboxylic acids is 2. The van der Waals surface area contributed by atoms with Crippen LogP contribution in [0.25, 0.3) is 0 Å². The first-order valence-corrected chi connectivity index (χ1v) is 25.5. The molecule has 5 nitrogen and oxygen atoms in total. The molecule has 0 aliphatic heterocycles. The molecule has 58 heavy (non-hydrogen) atoms. The Morgan fingerprint density at radius 3 is 1.05 bits per heavy atom. The molecule has 5 heteroatoms. The van der Waals surface area contributed by atoms with Crippen LogP contribution in [0, 0.1) is 0 Å². The molecular weight excluding hydrogens is 717 g/mol. The average Bonchev–Trinajstić information content (AvgIpc) is 3.23. The Labute approximate surface area is 361 Å². The van der Waals surface area contributed by atoms with Gasteiger partial charge in [-0.05, 0) is 57.8 Å². The average molecular weight is 815 g/mol. The molecule has 0 aromatic rings. The second-order valence-electron chi connectivity index (χ2n) is 17.1. The van der Waals surface area contributed by atoms with E-state index >= 15 is 0 Å². The summed E-state index contributed by atoms with van der Waals surface area (Å²) in [6, 6.07) is 0. The predicted octanol–water partition coefficient (Wildman–Crippen LogP) is 17.0. The molecule has 0 N–H and O–H groups in total. The molecule has 340 valence electrons. The number of esters is 2. The number of ether oxygens (including phenoxy) is 3. The van der Waals surface area contributed by atoms with Crippen LogP contribution in [0.2, 0.25) is 0 Å². The maximum atomic E-state index is 12.6. The lowest BCUT2D eigenvalue weighted by molar-refractivity contribution is -0.155. The minimum absolute atomic E-state index is 0.142. The summed E-state index contributed by atoms with van der Waals surface area (Å²) in [6.45, 7) is 7.69. The van der Waals surface area contributed by atoms with Gasteiger partial charge in [-0.25, -0.2) is 0 Å². The van der Waals surface area contributed by atoms with E-state index in [0.717, 1.165) is 57.8 Å². The molecule has 1 atom stereocenters. The van der Waals surface area contributed by atoms with E-state index in [1.165, 1.54) is 173 Å². The summed E-state index contributed by atoms with van der Waals surface area (Å²) in [5.74, 6) is -0.366. The lowest BCUT2D eigenvalue weighted by atomic mass is 10.0. The third-order valence-electron chi connectivity index (χ3n) is 11.2. The largest absolute Gasteiger partial charge is 0.463 e. The fourth-order valence-electron chi connectivity index (χ4n) is 7.32. The fourth-order valence-corrected chi connectivity index (χ4v) is 7.32. The van der Waals surface area contributed by atoms with Crippen molar-refractivity contribution in [2.45, 2.75) is 271 Å². The van der Waals surface area contributed by atoms with Crippen LogP contribution < -0.4 is 0 Å². The summed E-state index contributed by atoms with van der Waals surface area (Å²) < 4.78 is 17.4. The van der Waals surface area contributed by atoms with Gasteiger partial charge in [0, 0.05) is 19.4 Å². The summed E-state index contributed by atoms with van der Waals surface area (Å²) in [6.07, 6.45) is 58.8. The van der Waals surface area contributed by atoms with E-state index < -0.39 is 6.10 Å². The molecule has 0 spiro atoms. The molecule has 0 aromatic heterocycles. The molecule has 0 amide bonds. The Bertz CT molecular complexity index is 924. The van der Waals surface area contributed by atoms with E-state index in [4.69, 9.17) is 14.2 Å². The van der Waals surface area contributed by atoms with Crippen LogP contribution >= 0.6 is 0 Å². The van der Waals surface area contributed by atoms with Gasteiger partial charge in [-0.2, -0.15) is 0 Å². The summed E-state index contributed by atoms with van der Waals surface area (Å²) in [4.78, 5) is 25.1. The Balaban J connectivity index is 4.27. The molecule has 0 unspecified atom stereocenters. The molecule has 0 aliphatic carbocycles. The van der Waals surface area contributed by atoms with Gasteiger partial charge in [0.05, 0.1) is 0 Å². The van der Waals surface area contributed by atoms with Gasteiger partial charge in [-0.15, -0.1) is 0 Å². The van der Waals surface area contributed by atoms with Crippen molar-refractivity contribution in [1.82, 2.24) is 0 Å². The molecule has 0 aromatic carbocycles. The monoisotopic (exact) mass is 815 g/mol. The summed E-state index contributed by atoms with van der Waals surface area (Å²) in [5, 5.41) is 0. The topological polar surface area (TPSA) is 61.8 Å². The van der Waals surface area contributed by atoms with E-state index in [9.17, 15) is 9.59 Å². The highest BCUT2D eigenvalue weighted by molar-refractivity contribution is 5.69. The molecule has 0 aliphatic rings. The van der Waals surface area contributed by atoms with E-state index in [1.54, 1.807) is 0 Å². The smallest absolute Gasteiger partial charge is 0.305 e. The molecule has 0 fully saturated rings. The van der Waals surface area contributed by atoms with Gasteiger partial charge < -0.3 is 14.2 Å². The van der Waals surface area contributed by atoms with Crippen molar-refractivity contribution in [2.24, 2.45) is 0 Å². The Morgan fingerprint density at radius 2 is 0.655 bits per heavy atom. The van der Waals surface area contributed by atoms with Crippen LogP contribution in [-0.4, -0.2) is 37.9 Å². The van der Waals surface area contributed by atoms with Gasteiger partial charge in [0.1, 0.15) is 19.3 Å². The zero-order valence-corrected chi connectivity index (χ0v) is 39.1. The molecule has 0 saturated heterocycles. The van der Waals surface area contributed by atoms with Crippen LogP contribution in [0.5, 0.6) is 0 Å². The van der Waals surface area contributed by atoms with E-state index in [1.807, 2.05) is 0 Å². The van der Waals surface area contributed by atoms with Crippen LogP contribution in [-0.2, 0) is 23.8 Å². The van der Waals surface area contributed by atoms with Crippen molar-refractivity contribution in [3.8, 4) is 0 Å². The van der Waals surface area contributed by atoms with Crippen LogP contribution in [0.15, 0.2) is 36.5 Å². The van der Waals surface area contributed by atoms with Crippen molar-refractivity contribution in [2.75, 3.05) is 19.8 Å². The molecule has 0 saturated carbocycles. The van der Waals surface area contributed by atoms with Crippen LogP contribution in [0.1, 0.15) is 265 Å². The molecule has 0 rings (SSSR count). The first-order chi connectivity index (χ1) is 28.6. The van der Waals surface area contributed by atoms with Crippen molar-refractivity contribution in [3.63, 3.8) is 0 Å². The standard InChI is InChI=1S/C53H98O5/c1-4-7-10-13-16-19-22-24-26-28-30-33-36-39-42-45-48-56-51(49-57-52(54)46-43-40-37-34-31-21-18-15-12-9-6-3)50-58-53(55)47-44-41-38-35-32-29-27-25-23-20-17-14-11-8-5-2/h17,20,25,27,32,35,51H,4-16,18-19,21-24,26,28-31,33-34,36-50H2,1-3H3/b20-17-,27-25-,35-32-/t51-/m0/s1. The second kappa shape index (κ2) is 49.5. The number of unbranched alkanes of at least 4 members (excludes halogenated alkanes) is 30. The maximum absolute atomic E-state index is 12.6. The molecule has 0 bridgehead atoms. The zero-order valence-electron chi connectivity index (χ0n) is 39.1.